The number of hydrogen-bond donors (Lipinski definition) is 1. The first-order valence-electron chi connectivity index (χ1n) is 3.82. The summed E-state index contributed by atoms with van der Waals surface area (Å²) in [6.45, 7) is 0. The molecular weight excluding hydrogens is 237 g/mol. The van der Waals surface area contributed by atoms with E-state index in [1.165, 1.54) is 12.4 Å². The number of pyridine rings is 1. The third-order valence-electron chi connectivity index (χ3n) is 1.46. The smallest absolute Gasteiger partial charge is 0.257 e. The molecular formula is C9H5Cl2N3O. The fourth-order valence-corrected chi connectivity index (χ4v) is 0.979. The molecule has 15 heavy (non-hydrogen) atoms. The first kappa shape index (κ1) is 11.5. The van der Waals surface area contributed by atoms with Crippen LogP contribution in [0.15, 0.2) is 34.7 Å². The summed E-state index contributed by atoms with van der Waals surface area (Å²) in [5.74, 6) is -0.488. The van der Waals surface area contributed by atoms with Gasteiger partial charge in [-0.05, 0) is 12.1 Å². The van der Waals surface area contributed by atoms with Gasteiger partial charge < -0.3 is 5.32 Å². The van der Waals surface area contributed by atoms with Crippen LogP contribution in [0.2, 0.25) is 0 Å². The van der Waals surface area contributed by atoms with Crippen LogP contribution in [0.3, 0.4) is 0 Å². The van der Waals surface area contributed by atoms with Crippen LogP contribution in [0.5, 0.6) is 0 Å². The van der Waals surface area contributed by atoms with Crippen molar-refractivity contribution in [2.45, 2.75) is 0 Å². The molecule has 0 saturated carbocycles. The van der Waals surface area contributed by atoms with Gasteiger partial charge in [0.25, 0.3) is 5.91 Å². The van der Waals surface area contributed by atoms with E-state index in [2.05, 4.69) is 10.3 Å². The van der Waals surface area contributed by atoms with Crippen LogP contribution >= 0.6 is 23.2 Å². The van der Waals surface area contributed by atoms with Crippen LogP contribution < -0.4 is 5.32 Å². The summed E-state index contributed by atoms with van der Waals surface area (Å²) in [5.41, 5.74) is 0.131. The maximum atomic E-state index is 11.5. The van der Waals surface area contributed by atoms with Crippen molar-refractivity contribution in [1.29, 1.82) is 5.26 Å². The third-order valence-corrected chi connectivity index (χ3v) is 1.84. The van der Waals surface area contributed by atoms with Crippen molar-refractivity contribution in [1.82, 2.24) is 10.3 Å². The predicted molar refractivity (Wildman–Crippen MR) is 56.0 cm³/mol. The molecule has 0 aliphatic rings. The summed E-state index contributed by atoms with van der Waals surface area (Å²) in [5, 5.41) is 10.8. The highest BCUT2D eigenvalue weighted by Gasteiger charge is 2.09. The Morgan fingerprint density at radius 2 is 2.27 bits per heavy atom. The molecule has 0 spiro atoms. The zero-order valence-corrected chi connectivity index (χ0v) is 8.88. The lowest BCUT2D eigenvalue weighted by molar-refractivity contribution is 0.0967. The van der Waals surface area contributed by atoms with Gasteiger partial charge in [-0.15, -0.1) is 0 Å². The molecule has 0 fully saturated rings. The molecule has 0 aliphatic heterocycles. The van der Waals surface area contributed by atoms with Gasteiger partial charge in [0.15, 0.2) is 5.70 Å². The number of carbonyl (C=O) groups excluding carboxylic acids is 1. The van der Waals surface area contributed by atoms with Crippen LogP contribution in [0, 0.1) is 11.3 Å². The van der Waals surface area contributed by atoms with Crippen molar-refractivity contribution >= 4 is 29.1 Å². The molecule has 0 atom stereocenters. The monoisotopic (exact) mass is 241 g/mol. The molecule has 0 saturated heterocycles. The minimum absolute atomic E-state index is 0.188. The fourth-order valence-electron chi connectivity index (χ4n) is 0.800. The van der Waals surface area contributed by atoms with E-state index in [0.29, 0.717) is 5.56 Å². The SMILES string of the molecule is N#CC(NC(=O)c1cccnc1)=C(Cl)Cl. The molecule has 0 bridgehead atoms. The molecule has 1 amide bonds. The van der Waals surface area contributed by atoms with E-state index in [9.17, 15) is 4.79 Å². The van der Waals surface area contributed by atoms with Crippen LogP contribution in [0.1, 0.15) is 10.4 Å². The zero-order valence-electron chi connectivity index (χ0n) is 7.37. The summed E-state index contributed by atoms with van der Waals surface area (Å²) in [6, 6.07) is 4.82. The molecule has 1 N–H and O–H groups in total. The minimum Gasteiger partial charge on any atom is -0.311 e. The molecule has 76 valence electrons. The molecule has 0 aromatic carbocycles. The van der Waals surface area contributed by atoms with E-state index < -0.39 is 5.91 Å². The molecule has 1 heterocycles. The first-order valence-corrected chi connectivity index (χ1v) is 4.57. The van der Waals surface area contributed by atoms with Crippen molar-refractivity contribution < 1.29 is 4.79 Å². The summed E-state index contributed by atoms with van der Waals surface area (Å²) < 4.78 is -0.283. The molecule has 0 unspecified atom stereocenters. The van der Waals surface area contributed by atoms with Gasteiger partial charge in [0.05, 0.1) is 5.56 Å². The van der Waals surface area contributed by atoms with Gasteiger partial charge in [0.1, 0.15) is 10.6 Å². The van der Waals surface area contributed by atoms with Gasteiger partial charge in [-0.1, -0.05) is 23.2 Å². The number of hydrogen-bond acceptors (Lipinski definition) is 3. The number of halogens is 2. The average Bonchev–Trinajstić information content (AvgIpc) is 2.26. The second-order valence-electron chi connectivity index (χ2n) is 2.44. The van der Waals surface area contributed by atoms with Crippen molar-refractivity contribution in [2.75, 3.05) is 0 Å². The van der Waals surface area contributed by atoms with Crippen LogP contribution in [-0.2, 0) is 0 Å². The summed E-state index contributed by atoms with van der Waals surface area (Å²) in [4.78, 5) is 15.2. The molecule has 6 heteroatoms. The van der Waals surface area contributed by atoms with Gasteiger partial charge in [0.2, 0.25) is 0 Å². The van der Waals surface area contributed by atoms with E-state index >= 15 is 0 Å². The Kier molecular flexibility index (Phi) is 4.10. The largest absolute Gasteiger partial charge is 0.311 e. The van der Waals surface area contributed by atoms with E-state index in [0.717, 1.165) is 0 Å². The molecule has 4 nitrogen and oxygen atoms in total. The second-order valence-corrected chi connectivity index (χ2v) is 3.39. The maximum Gasteiger partial charge on any atom is 0.257 e. The van der Waals surface area contributed by atoms with E-state index in [4.69, 9.17) is 28.5 Å². The van der Waals surface area contributed by atoms with E-state index in [1.54, 1.807) is 18.2 Å². The highest BCUT2D eigenvalue weighted by atomic mass is 35.5. The lowest BCUT2D eigenvalue weighted by Crippen LogP contribution is -2.22. The number of amides is 1. The normalized spacial score (nSPS) is 8.87. The van der Waals surface area contributed by atoms with Gasteiger partial charge in [-0.25, -0.2) is 0 Å². The van der Waals surface area contributed by atoms with Gasteiger partial charge in [-0.2, -0.15) is 5.26 Å². The van der Waals surface area contributed by atoms with Gasteiger partial charge in [0, 0.05) is 12.4 Å². The zero-order chi connectivity index (χ0) is 11.3. The molecule has 1 aromatic heterocycles. The Hall–Kier alpha value is -1.57. The fraction of sp³-hybridized carbons (Fsp3) is 0. The Bertz CT molecular complexity index is 432. The summed E-state index contributed by atoms with van der Waals surface area (Å²) >= 11 is 10.7. The number of nitriles is 1. The Balaban J connectivity index is 2.83. The lowest BCUT2D eigenvalue weighted by atomic mass is 10.2. The number of aromatic nitrogens is 1. The topological polar surface area (TPSA) is 65.8 Å². The summed E-state index contributed by atoms with van der Waals surface area (Å²) in [6.07, 6.45) is 2.90. The number of rotatable bonds is 2. The lowest BCUT2D eigenvalue weighted by Gasteiger charge is -2.02. The third kappa shape index (κ3) is 3.24. The molecule has 1 rings (SSSR count). The standard InChI is InChI=1S/C9H5Cl2N3O/c10-8(11)7(4-12)14-9(15)6-2-1-3-13-5-6/h1-3,5H,(H,14,15). The Morgan fingerprint density at radius 3 is 2.73 bits per heavy atom. The molecule has 0 aliphatic carbocycles. The Labute approximate surface area is 96.1 Å². The number of allylic oxidation sites excluding steroid dienone is 1. The van der Waals surface area contributed by atoms with Gasteiger partial charge >= 0.3 is 0 Å². The van der Waals surface area contributed by atoms with Crippen molar-refractivity contribution in [2.24, 2.45) is 0 Å². The van der Waals surface area contributed by atoms with E-state index in [-0.39, 0.29) is 10.2 Å². The van der Waals surface area contributed by atoms with Crippen LogP contribution in [0.4, 0.5) is 0 Å². The number of nitrogens with zero attached hydrogens (tertiary/aromatic N) is 2. The average molecular weight is 242 g/mol. The van der Waals surface area contributed by atoms with Crippen molar-refractivity contribution in [3.63, 3.8) is 0 Å². The predicted octanol–water partition coefficient (Wildman–Crippen LogP) is 1.98. The maximum absolute atomic E-state index is 11.5. The number of carbonyl (C=O) groups is 1. The second kappa shape index (κ2) is 5.35. The number of nitrogens with one attached hydrogen (secondary N) is 1. The molecule has 1 aromatic rings. The van der Waals surface area contributed by atoms with Gasteiger partial charge in [-0.3, -0.25) is 9.78 Å². The minimum atomic E-state index is -0.488. The Morgan fingerprint density at radius 1 is 1.53 bits per heavy atom. The van der Waals surface area contributed by atoms with Crippen LogP contribution in [-0.4, -0.2) is 10.9 Å². The highest BCUT2D eigenvalue weighted by molar-refractivity contribution is 6.56. The first-order chi connectivity index (χ1) is 7.15. The summed E-state index contributed by atoms with van der Waals surface area (Å²) in [7, 11) is 0. The van der Waals surface area contributed by atoms with E-state index in [1.807, 2.05) is 0 Å². The highest BCUT2D eigenvalue weighted by Crippen LogP contribution is 2.11. The van der Waals surface area contributed by atoms with Crippen LogP contribution in [0.25, 0.3) is 0 Å². The quantitative estimate of drug-likeness (QED) is 0.806. The molecule has 0 radical (unpaired) electrons. The van der Waals surface area contributed by atoms with Crippen molar-refractivity contribution in [3.05, 3.63) is 40.3 Å². The van der Waals surface area contributed by atoms with Crippen molar-refractivity contribution in [3.8, 4) is 6.07 Å².